The number of carbonyl (C=O) groups is 1. The summed E-state index contributed by atoms with van der Waals surface area (Å²) in [5.74, 6) is 1.23. The molecular weight excluding hydrogens is 356 g/mol. The number of hydrogen-bond donors (Lipinski definition) is 0. The number of carbonyl (C=O) groups excluding carboxylic acids is 1. The van der Waals surface area contributed by atoms with Crippen molar-refractivity contribution in [2.24, 2.45) is 0 Å². The second-order valence-electron chi connectivity index (χ2n) is 7.25. The van der Waals surface area contributed by atoms with Crippen LogP contribution in [0.15, 0.2) is 41.3 Å². The number of amides is 1. The van der Waals surface area contributed by atoms with E-state index in [1.165, 1.54) is 19.0 Å². The summed E-state index contributed by atoms with van der Waals surface area (Å²) in [6.07, 6.45) is 5.58. The van der Waals surface area contributed by atoms with E-state index in [4.69, 9.17) is 4.52 Å². The van der Waals surface area contributed by atoms with E-state index in [1.54, 1.807) is 12.4 Å². The number of fused-ring (bicyclic) bond motifs is 1. The number of hydrogen-bond acceptors (Lipinski definition) is 7. The van der Waals surface area contributed by atoms with Gasteiger partial charge in [0.15, 0.2) is 0 Å². The van der Waals surface area contributed by atoms with Crippen LogP contribution < -0.4 is 9.80 Å². The smallest absolute Gasteiger partial charge is 0.292 e. The van der Waals surface area contributed by atoms with E-state index in [2.05, 4.69) is 43.1 Å². The maximum Gasteiger partial charge on any atom is 0.292 e. The third-order valence-electron chi connectivity index (χ3n) is 5.58. The summed E-state index contributed by atoms with van der Waals surface area (Å²) in [5, 5.41) is 4.72. The van der Waals surface area contributed by atoms with Gasteiger partial charge in [-0.15, -0.1) is 0 Å². The van der Waals surface area contributed by atoms with E-state index in [1.807, 2.05) is 4.90 Å². The van der Waals surface area contributed by atoms with Gasteiger partial charge in [0.05, 0.1) is 11.7 Å². The molecule has 8 heteroatoms. The van der Waals surface area contributed by atoms with Crippen molar-refractivity contribution in [2.45, 2.75) is 12.8 Å². The second-order valence-corrected chi connectivity index (χ2v) is 7.25. The molecule has 3 aromatic rings. The maximum atomic E-state index is 12.4. The highest BCUT2D eigenvalue weighted by atomic mass is 16.5. The summed E-state index contributed by atoms with van der Waals surface area (Å²) in [5.41, 5.74) is 2.12. The molecular formula is C20H22N6O2. The molecule has 28 heavy (non-hydrogen) atoms. The standard InChI is InChI=1S/C20H22N6O2/c27-20(18-5-6-23-28-18)26-11-9-24(10-12-26)15-3-4-17-16(13-15)19(22-14-21-17)25-7-1-2-8-25/h3-6,13-14H,1-2,7-12H2. The lowest BCUT2D eigenvalue weighted by molar-refractivity contribution is 0.0705. The molecule has 144 valence electrons. The molecule has 2 aliphatic rings. The summed E-state index contributed by atoms with van der Waals surface area (Å²) in [6.45, 7) is 4.97. The average Bonchev–Trinajstić information content (AvgIpc) is 3.47. The molecule has 0 saturated carbocycles. The third-order valence-corrected chi connectivity index (χ3v) is 5.58. The molecule has 8 nitrogen and oxygen atoms in total. The van der Waals surface area contributed by atoms with E-state index >= 15 is 0 Å². The normalized spacial score (nSPS) is 17.5. The van der Waals surface area contributed by atoms with Gasteiger partial charge >= 0.3 is 0 Å². The number of aromatic nitrogens is 3. The molecule has 1 aromatic carbocycles. The zero-order valence-electron chi connectivity index (χ0n) is 15.6. The highest BCUT2D eigenvalue weighted by Gasteiger charge is 2.25. The Balaban J connectivity index is 1.35. The molecule has 5 rings (SSSR count). The van der Waals surface area contributed by atoms with Gasteiger partial charge in [0.1, 0.15) is 12.1 Å². The fraction of sp³-hybridized carbons (Fsp3) is 0.400. The minimum absolute atomic E-state index is 0.0969. The van der Waals surface area contributed by atoms with Crippen LogP contribution in [0.5, 0.6) is 0 Å². The first-order chi connectivity index (χ1) is 13.8. The second kappa shape index (κ2) is 7.10. The van der Waals surface area contributed by atoms with Crippen LogP contribution in [-0.4, -0.2) is 65.2 Å². The van der Waals surface area contributed by atoms with Crippen LogP contribution in [-0.2, 0) is 0 Å². The predicted octanol–water partition coefficient (Wildman–Crippen LogP) is 2.18. The molecule has 2 fully saturated rings. The monoisotopic (exact) mass is 378 g/mol. The SMILES string of the molecule is O=C(c1ccno1)N1CCN(c2ccc3ncnc(N4CCCC4)c3c2)CC1. The van der Waals surface area contributed by atoms with E-state index < -0.39 is 0 Å². The minimum Gasteiger partial charge on any atom is -0.368 e. The largest absolute Gasteiger partial charge is 0.368 e. The van der Waals surface area contributed by atoms with Gasteiger partial charge in [-0.1, -0.05) is 5.16 Å². The van der Waals surface area contributed by atoms with Crippen molar-refractivity contribution in [1.82, 2.24) is 20.0 Å². The van der Waals surface area contributed by atoms with Crippen LogP contribution in [0.3, 0.4) is 0 Å². The van der Waals surface area contributed by atoms with Crippen molar-refractivity contribution in [3.63, 3.8) is 0 Å². The van der Waals surface area contributed by atoms with Crippen LogP contribution in [0.4, 0.5) is 11.5 Å². The van der Waals surface area contributed by atoms with Crippen molar-refractivity contribution in [1.29, 1.82) is 0 Å². The van der Waals surface area contributed by atoms with Gasteiger partial charge in [-0.25, -0.2) is 9.97 Å². The quantitative estimate of drug-likeness (QED) is 0.691. The Morgan fingerprint density at radius 1 is 0.929 bits per heavy atom. The number of rotatable bonds is 3. The lowest BCUT2D eigenvalue weighted by Gasteiger charge is -2.35. The van der Waals surface area contributed by atoms with E-state index in [9.17, 15) is 4.79 Å². The first-order valence-electron chi connectivity index (χ1n) is 9.74. The molecule has 0 radical (unpaired) electrons. The van der Waals surface area contributed by atoms with Crippen molar-refractivity contribution in [3.8, 4) is 0 Å². The fourth-order valence-electron chi connectivity index (χ4n) is 4.06. The molecule has 0 spiro atoms. The Morgan fingerprint density at radius 2 is 1.75 bits per heavy atom. The van der Waals surface area contributed by atoms with Crippen LogP contribution >= 0.6 is 0 Å². The summed E-state index contributed by atoms with van der Waals surface area (Å²) in [7, 11) is 0. The van der Waals surface area contributed by atoms with E-state index in [0.717, 1.165) is 48.6 Å². The summed E-state index contributed by atoms with van der Waals surface area (Å²) >= 11 is 0. The van der Waals surface area contributed by atoms with Crippen LogP contribution in [0.25, 0.3) is 10.9 Å². The molecule has 0 aliphatic carbocycles. The molecule has 2 saturated heterocycles. The molecule has 0 atom stereocenters. The lowest BCUT2D eigenvalue weighted by Crippen LogP contribution is -2.48. The summed E-state index contributed by atoms with van der Waals surface area (Å²) in [4.78, 5) is 27.9. The Bertz CT molecular complexity index is 976. The van der Waals surface area contributed by atoms with Crippen molar-refractivity contribution in [3.05, 3.63) is 42.5 Å². The fourth-order valence-corrected chi connectivity index (χ4v) is 4.06. The summed E-state index contributed by atoms with van der Waals surface area (Å²) < 4.78 is 5.00. The Morgan fingerprint density at radius 3 is 2.50 bits per heavy atom. The van der Waals surface area contributed by atoms with Gasteiger partial charge in [-0.05, 0) is 31.0 Å². The Hall–Kier alpha value is -3.16. The van der Waals surface area contributed by atoms with Crippen molar-refractivity contribution in [2.75, 3.05) is 49.1 Å². The highest BCUT2D eigenvalue weighted by molar-refractivity contribution is 5.93. The zero-order chi connectivity index (χ0) is 18.9. The van der Waals surface area contributed by atoms with Gasteiger partial charge in [0.2, 0.25) is 5.76 Å². The van der Waals surface area contributed by atoms with Crippen molar-refractivity contribution < 1.29 is 9.32 Å². The lowest BCUT2D eigenvalue weighted by atomic mass is 10.1. The molecule has 1 amide bonds. The van der Waals surface area contributed by atoms with Crippen LogP contribution in [0, 0.1) is 0 Å². The first kappa shape index (κ1) is 17.0. The minimum atomic E-state index is -0.0969. The third kappa shape index (κ3) is 3.04. The Labute approximate surface area is 162 Å². The van der Waals surface area contributed by atoms with Crippen LogP contribution in [0.1, 0.15) is 23.4 Å². The predicted molar refractivity (Wildman–Crippen MR) is 106 cm³/mol. The van der Waals surface area contributed by atoms with E-state index in [-0.39, 0.29) is 5.91 Å². The topological polar surface area (TPSA) is 78.6 Å². The highest BCUT2D eigenvalue weighted by Crippen LogP contribution is 2.30. The van der Waals surface area contributed by atoms with Gasteiger partial charge < -0.3 is 19.2 Å². The first-order valence-corrected chi connectivity index (χ1v) is 9.74. The molecule has 4 heterocycles. The Kier molecular flexibility index (Phi) is 4.31. The molecule has 2 aliphatic heterocycles. The zero-order valence-corrected chi connectivity index (χ0v) is 15.6. The number of benzene rings is 1. The van der Waals surface area contributed by atoms with E-state index in [0.29, 0.717) is 18.8 Å². The van der Waals surface area contributed by atoms with Gasteiger partial charge in [0, 0.05) is 56.4 Å². The molecule has 0 bridgehead atoms. The molecule has 2 aromatic heterocycles. The van der Waals surface area contributed by atoms with Gasteiger partial charge in [-0.3, -0.25) is 4.79 Å². The maximum absolute atomic E-state index is 12.4. The molecule has 0 unspecified atom stereocenters. The van der Waals surface area contributed by atoms with Gasteiger partial charge in [-0.2, -0.15) is 0 Å². The number of nitrogens with zero attached hydrogens (tertiary/aromatic N) is 6. The average molecular weight is 378 g/mol. The molecule has 0 N–H and O–H groups in total. The van der Waals surface area contributed by atoms with Crippen molar-refractivity contribution >= 4 is 28.3 Å². The number of piperazine rings is 1. The van der Waals surface area contributed by atoms with Gasteiger partial charge in [0.25, 0.3) is 5.91 Å². The number of anilines is 2. The van der Waals surface area contributed by atoms with Crippen LogP contribution in [0.2, 0.25) is 0 Å². The summed E-state index contributed by atoms with van der Waals surface area (Å²) in [6, 6.07) is 7.98.